The van der Waals surface area contributed by atoms with E-state index in [9.17, 15) is 49.8 Å². The fraction of sp³-hybridized carbons (Fsp3) is 0.0556. The van der Waals surface area contributed by atoms with Crippen LogP contribution in [0.3, 0.4) is 0 Å². The highest BCUT2D eigenvalue weighted by Crippen LogP contribution is 2.43. The number of anilines is 3. The van der Waals surface area contributed by atoms with Crippen molar-refractivity contribution < 1.29 is 35.4 Å². The molecule has 0 aliphatic rings. The van der Waals surface area contributed by atoms with E-state index in [0.717, 1.165) is 4.52 Å². The van der Waals surface area contributed by atoms with E-state index in [1.807, 2.05) is 4.98 Å². The van der Waals surface area contributed by atoms with Crippen LogP contribution < -0.4 is 38.5 Å². The molecule has 4 aromatic heterocycles. The molecule has 190 valence electrons. The summed E-state index contributed by atoms with van der Waals surface area (Å²) >= 11 is 0. The molecule has 1 amide bonds. The molecule has 37 heavy (non-hydrogen) atoms. The van der Waals surface area contributed by atoms with Crippen molar-refractivity contribution in [3.63, 3.8) is 0 Å². The Kier molecular flexibility index (Phi) is 5.39. The average Bonchev–Trinajstić information content (AvgIpc) is 3.18. The Morgan fingerprint density at radius 3 is 2.22 bits per heavy atom. The third-order valence-electron chi connectivity index (χ3n) is 5.20. The number of carbonyl (C=O) groups is 1. The van der Waals surface area contributed by atoms with Crippen molar-refractivity contribution in [1.82, 2.24) is 24.1 Å². The predicted molar refractivity (Wildman–Crippen MR) is 125 cm³/mol. The summed E-state index contributed by atoms with van der Waals surface area (Å²) in [5.74, 6) is -9.95. The molecular formula is C18H15BN8O10. The van der Waals surface area contributed by atoms with E-state index >= 15 is 0 Å². The molecular weight excluding hydrogens is 499 g/mol. The van der Waals surface area contributed by atoms with E-state index in [2.05, 4.69) is 20.7 Å². The lowest BCUT2D eigenvalue weighted by atomic mass is 9.95. The van der Waals surface area contributed by atoms with Crippen molar-refractivity contribution in [2.45, 2.75) is 0 Å². The third kappa shape index (κ3) is 3.40. The molecule has 4 rings (SSSR count). The van der Waals surface area contributed by atoms with Crippen molar-refractivity contribution in [3.05, 3.63) is 36.6 Å². The summed E-state index contributed by atoms with van der Waals surface area (Å²) in [4.78, 5) is 54.2. The van der Waals surface area contributed by atoms with Crippen LogP contribution in [0.4, 0.5) is 17.3 Å². The van der Waals surface area contributed by atoms with Crippen LogP contribution in [0.25, 0.3) is 11.5 Å². The first kappa shape index (κ1) is 24.4. The van der Waals surface area contributed by atoms with Crippen molar-refractivity contribution in [1.29, 1.82) is 0 Å². The van der Waals surface area contributed by atoms with E-state index in [4.69, 9.17) is 13.6 Å². The van der Waals surface area contributed by atoms with Crippen LogP contribution in [0.2, 0.25) is 0 Å². The molecule has 0 bridgehead atoms. The van der Waals surface area contributed by atoms with E-state index in [-0.39, 0.29) is 10.4 Å². The number of nitrogens with one attached hydrogen (secondary N) is 4. The molecule has 0 aliphatic carbocycles. The molecule has 19 heteroatoms. The van der Waals surface area contributed by atoms with Gasteiger partial charge in [-0.3, -0.25) is 24.3 Å². The summed E-state index contributed by atoms with van der Waals surface area (Å²) in [6, 6.07) is 0. The largest absolute Gasteiger partial charge is 0.505 e. The summed E-state index contributed by atoms with van der Waals surface area (Å²) in [5, 5.41) is 68.8. The Morgan fingerprint density at radius 1 is 0.973 bits per heavy atom. The molecule has 0 aliphatic heterocycles. The predicted octanol–water partition coefficient (Wildman–Crippen LogP) is -3.23. The molecule has 18 nitrogen and oxygen atoms in total. The number of aromatic nitrogens is 5. The van der Waals surface area contributed by atoms with E-state index < -0.39 is 91.2 Å². The fourth-order valence-corrected chi connectivity index (χ4v) is 3.44. The number of fused-ring (bicyclic) bond motifs is 1. The Balaban J connectivity index is 2.04. The second-order valence-electron chi connectivity index (χ2n) is 7.32. The van der Waals surface area contributed by atoms with Gasteiger partial charge in [0, 0.05) is 7.05 Å². The maximum atomic E-state index is 12.6. The quantitative estimate of drug-likeness (QED) is 0.117. The van der Waals surface area contributed by atoms with Crippen molar-refractivity contribution in [2.24, 2.45) is 5.73 Å². The van der Waals surface area contributed by atoms with Crippen molar-refractivity contribution in [3.8, 4) is 40.4 Å². The second-order valence-corrected chi connectivity index (χ2v) is 7.32. The number of hydrogen-bond donors (Lipinski definition) is 11. The third-order valence-corrected chi connectivity index (χ3v) is 5.20. The molecule has 0 saturated heterocycles. The molecule has 0 atom stereocenters. The number of amides is 1. The Morgan fingerprint density at radius 2 is 1.62 bits per heavy atom. The maximum Gasteiger partial charge on any atom is 0.305 e. The SMILES string of the molecule is [B]c1c(O)c(-n2c(O)c(Nc3nc4c(C(N)=O)c(=O)[nH]n4c(NC)c3O)c(O)c(O)c2=O)[nH]c(=O)c1O. The Labute approximate surface area is 202 Å². The summed E-state index contributed by atoms with van der Waals surface area (Å²) in [6.45, 7) is 0. The van der Waals surface area contributed by atoms with Crippen LogP contribution in [0.5, 0.6) is 34.6 Å². The van der Waals surface area contributed by atoms with E-state index in [1.165, 1.54) is 7.05 Å². The summed E-state index contributed by atoms with van der Waals surface area (Å²) in [6.07, 6.45) is 0. The highest BCUT2D eigenvalue weighted by atomic mass is 16.3. The van der Waals surface area contributed by atoms with Crippen molar-refractivity contribution in [2.75, 3.05) is 17.7 Å². The zero-order valence-electron chi connectivity index (χ0n) is 18.3. The first-order valence-electron chi connectivity index (χ1n) is 9.77. The number of aromatic amines is 2. The van der Waals surface area contributed by atoms with Gasteiger partial charge in [0.1, 0.15) is 13.5 Å². The molecule has 2 radical (unpaired) electrons. The Hall–Kier alpha value is -5.75. The van der Waals surface area contributed by atoms with Crippen LogP contribution in [0.15, 0.2) is 14.4 Å². The molecule has 0 unspecified atom stereocenters. The number of pyridine rings is 2. The van der Waals surface area contributed by atoms with E-state index in [1.54, 1.807) is 0 Å². The molecule has 0 aromatic carbocycles. The topological polar surface area (TPSA) is 294 Å². The molecule has 0 fully saturated rings. The zero-order chi connectivity index (χ0) is 27.5. The number of hydrogen-bond acceptors (Lipinski definition) is 13. The number of nitrogens with two attached hydrogens (primary N) is 1. The van der Waals surface area contributed by atoms with Gasteiger partial charge in [-0.25, -0.2) is 14.1 Å². The number of H-pyrrole nitrogens is 2. The lowest BCUT2D eigenvalue weighted by molar-refractivity contribution is 0.100. The summed E-state index contributed by atoms with van der Waals surface area (Å²) in [5.41, 5.74) is -1.42. The smallest absolute Gasteiger partial charge is 0.305 e. The van der Waals surface area contributed by atoms with Gasteiger partial charge in [-0.1, -0.05) is 0 Å². The Bertz CT molecular complexity index is 1820. The highest BCUT2D eigenvalue weighted by Gasteiger charge is 2.28. The van der Waals surface area contributed by atoms with E-state index in [0.29, 0.717) is 0 Å². The van der Waals surface area contributed by atoms with Gasteiger partial charge in [-0.05, 0) is 5.46 Å². The van der Waals surface area contributed by atoms with Gasteiger partial charge in [-0.15, -0.1) is 0 Å². The van der Waals surface area contributed by atoms with Crippen molar-refractivity contribution >= 4 is 42.2 Å². The molecule has 4 heterocycles. The zero-order valence-corrected chi connectivity index (χ0v) is 18.3. The van der Waals surface area contributed by atoms with Crippen LogP contribution in [0, 0.1) is 0 Å². The first-order valence-corrected chi connectivity index (χ1v) is 9.77. The number of carbonyl (C=O) groups excluding carboxylic acids is 1. The van der Waals surface area contributed by atoms with Crippen LogP contribution in [0.1, 0.15) is 10.4 Å². The molecule has 0 spiro atoms. The van der Waals surface area contributed by atoms with Crippen LogP contribution in [-0.4, -0.2) is 75.6 Å². The van der Waals surface area contributed by atoms with Crippen LogP contribution in [-0.2, 0) is 0 Å². The second kappa shape index (κ2) is 8.18. The van der Waals surface area contributed by atoms with Gasteiger partial charge < -0.3 is 52.0 Å². The van der Waals surface area contributed by atoms with Gasteiger partial charge in [-0.2, -0.15) is 0 Å². The van der Waals surface area contributed by atoms with Gasteiger partial charge >= 0.3 is 5.56 Å². The minimum Gasteiger partial charge on any atom is -0.505 e. The summed E-state index contributed by atoms with van der Waals surface area (Å²) in [7, 11) is 6.75. The minimum atomic E-state index is -1.56. The fourth-order valence-electron chi connectivity index (χ4n) is 3.44. The van der Waals surface area contributed by atoms with Gasteiger partial charge in [0.05, 0.1) is 0 Å². The first-order chi connectivity index (χ1) is 17.3. The molecule has 0 saturated carbocycles. The number of aromatic hydroxyl groups is 6. The van der Waals surface area contributed by atoms with Gasteiger partial charge in [0.25, 0.3) is 17.0 Å². The minimum absolute atomic E-state index is 0.105. The van der Waals surface area contributed by atoms with Gasteiger partial charge in [0.2, 0.25) is 17.4 Å². The standard InChI is InChI=1S/C18H15BN8O10/c1-21-13-9(32)11(23-12-2(10(20)33)15(34)25-27(12)13)22-4-7(30)8(31)18(37)26(17(4)36)14-5(28)3(19)6(29)16(35)24-14/h21,28-32,36H,1H3,(H2,20,33)(H,22,23)(H,24,35)(H,25,34). The van der Waals surface area contributed by atoms with Crippen LogP contribution >= 0.6 is 0 Å². The monoisotopic (exact) mass is 514 g/mol. The normalized spacial score (nSPS) is 11.1. The van der Waals surface area contributed by atoms with Gasteiger partial charge in [0.15, 0.2) is 45.9 Å². The molecule has 4 aromatic rings. The molecule has 12 N–H and O–H groups in total. The number of primary amides is 1. The highest BCUT2D eigenvalue weighted by molar-refractivity contribution is 6.36. The lowest BCUT2D eigenvalue weighted by Gasteiger charge is -2.18. The average molecular weight is 514 g/mol. The number of rotatable bonds is 5. The maximum absolute atomic E-state index is 12.6. The summed E-state index contributed by atoms with van der Waals surface area (Å²) < 4.78 is 0.983. The number of nitrogens with zero attached hydrogens (tertiary/aromatic N) is 3. The lowest BCUT2D eigenvalue weighted by Crippen LogP contribution is -2.26.